The smallest absolute Gasteiger partial charge is 0.419 e. The number of hydrogen-bond acceptors (Lipinski definition) is 6. The van der Waals surface area contributed by atoms with Crippen molar-refractivity contribution in [3.8, 4) is 17.0 Å². The number of hydrogen-bond donors (Lipinski definition) is 1. The van der Waals surface area contributed by atoms with Crippen molar-refractivity contribution < 1.29 is 24.4 Å². The summed E-state index contributed by atoms with van der Waals surface area (Å²) in [6.07, 6.45) is 2.92. The summed E-state index contributed by atoms with van der Waals surface area (Å²) < 4.78 is 5.29. The number of carbonyl (C=O) groups is 2. The van der Waals surface area contributed by atoms with Crippen molar-refractivity contribution in [2.45, 2.75) is 13.3 Å². The minimum Gasteiger partial charge on any atom is -0.478 e. The topological polar surface area (TPSA) is 123 Å². The highest BCUT2D eigenvalue weighted by molar-refractivity contribution is 5.92. The zero-order chi connectivity index (χ0) is 24.0. The molecule has 3 aromatic rings. The van der Waals surface area contributed by atoms with Crippen molar-refractivity contribution in [2.24, 2.45) is 0 Å². The van der Waals surface area contributed by atoms with E-state index in [4.69, 9.17) is 9.84 Å². The molecule has 0 saturated heterocycles. The van der Waals surface area contributed by atoms with Gasteiger partial charge in [0.25, 0.3) is 5.69 Å². The maximum atomic E-state index is 12.5. The number of rotatable bonds is 7. The fourth-order valence-electron chi connectivity index (χ4n) is 2.96. The van der Waals surface area contributed by atoms with Gasteiger partial charge in [-0.3, -0.25) is 20.0 Å². The van der Waals surface area contributed by atoms with E-state index in [0.717, 1.165) is 5.56 Å². The van der Waals surface area contributed by atoms with E-state index in [2.05, 4.69) is 4.98 Å². The van der Waals surface area contributed by atoms with Gasteiger partial charge >= 0.3 is 12.1 Å². The van der Waals surface area contributed by atoms with Crippen LogP contribution in [0, 0.1) is 10.1 Å². The molecule has 0 atom stereocenters. The van der Waals surface area contributed by atoms with Crippen LogP contribution in [0.1, 0.15) is 18.9 Å². The van der Waals surface area contributed by atoms with Gasteiger partial charge in [0, 0.05) is 42.2 Å². The van der Waals surface area contributed by atoms with Gasteiger partial charge in [0.1, 0.15) is 5.75 Å². The van der Waals surface area contributed by atoms with E-state index in [9.17, 15) is 19.7 Å². The Balaban J connectivity index is 1.75. The van der Waals surface area contributed by atoms with Gasteiger partial charge in [0.15, 0.2) is 0 Å². The Labute approximate surface area is 189 Å². The van der Waals surface area contributed by atoms with Gasteiger partial charge < -0.3 is 9.84 Å². The third-order valence-electron chi connectivity index (χ3n) is 4.84. The first-order valence-electron chi connectivity index (χ1n) is 9.99. The fraction of sp³-hybridized carbons (Fsp3) is 0.125. The molecule has 33 heavy (non-hydrogen) atoms. The van der Waals surface area contributed by atoms with E-state index in [-0.39, 0.29) is 11.4 Å². The number of carboxylic acid groups (broad SMARTS) is 1. The lowest BCUT2D eigenvalue weighted by Gasteiger charge is -2.17. The first kappa shape index (κ1) is 23.1. The predicted octanol–water partition coefficient (Wildman–Crippen LogP) is 5.17. The van der Waals surface area contributed by atoms with E-state index in [1.807, 2.05) is 6.07 Å². The third kappa shape index (κ3) is 5.79. The molecule has 0 spiro atoms. The molecule has 0 aliphatic heterocycles. The number of anilines is 1. The SMILES string of the molecule is CC/C(=C/c1ccc(-c2cccc(N(C)C(=O)Oc3ccc([N+](=O)[O-])cc3)c2)nc1)C(=O)O. The number of nitro benzene ring substituents is 1. The van der Waals surface area contributed by atoms with Crippen molar-refractivity contribution in [2.75, 3.05) is 11.9 Å². The standard InChI is InChI=1S/C24H21N3O6/c1-3-17(23(28)29)13-16-7-12-22(25-15-16)18-5-4-6-20(14-18)26(2)24(30)33-21-10-8-19(9-11-21)27(31)32/h4-15H,3H2,1-2H3,(H,28,29)/b17-13-. The van der Waals surface area contributed by atoms with Crippen LogP contribution in [-0.4, -0.2) is 34.1 Å². The van der Waals surface area contributed by atoms with Crippen molar-refractivity contribution >= 4 is 29.5 Å². The highest BCUT2D eigenvalue weighted by Gasteiger charge is 2.15. The van der Waals surface area contributed by atoms with Gasteiger partial charge in [-0.05, 0) is 48.4 Å². The van der Waals surface area contributed by atoms with Crippen LogP contribution < -0.4 is 9.64 Å². The van der Waals surface area contributed by atoms with E-state index < -0.39 is 17.0 Å². The van der Waals surface area contributed by atoms with Gasteiger partial charge in [-0.15, -0.1) is 0 Å². The number of pyridine rings is 1. The Morgan fingerprint density at radius 1 is 1.15 bits per heavy atom. The molecule has 0 unspecified atom stereocenters. The van der Waals surface area contributed by atoms with Crippen molar-refractivity contribution in [1.82, 2.24) is 4.98 Å². The average Bonchev–Trinajstić information content (AvgIpc) is 2.82. The van der Waals surface area contributed by atoms with Gasteiger partial charge in [-0.2, -0.15) is 0 Å². The van der Waals surface area contributed by atoms with Crippen LogP contribution in [0.2, 0.25) is 0 Å². The largest absolute Gasteiger partial charge is 0.478 e. The van der Waals surface area contributed by atoms with Gasteiger partial charge in [0.05, 0.1) is 10.6 Å². The summed E-state index contributed by atoms with van der Waals surface area (Å²) in [5.41, 5.74) is 2.84. The predicted molar refractivity (Wildman–Crippen MR) is 123 cm³/mol. The molecule has 0 aliphatic rings. The van der Waals surface area contributed by atoms with Crippen molar-refractivity contribution in [3.63, 3.8) is 0 Å². The first-order chi connectivity index (χ1) is 15.8. The van der Waals surface area contributed by atoms with Crippen molar-refractivity contribution in [1.29, 1.82) is 0 Å². The molecule has 1 N–H and O–H groups in total. The minimum absolute atomic E-state index is 0.0984. The van der Waals surface area contributed by atoms with E-state index in [1.54, 1.807) is 56.6 Å². The third-order valence-corrected chi connectivity index (χ3v) is 4.84. The number of ether oxygens (including phenoxy) is 1. The van der Waals surface area contributed by atoms with Crippen LogP contribution in [0.15, 0.2) is 72.4 Å². The molecule has 0 bridgehead atoms. The second-order valence-corrected chi connectivity index (χ2v) is 7.03. The molecular weight excluding hydrogens is 426 g/mol. The molecule has 168 valence electrons. The average molecular weight is 447 g/mol. The molecular formula is C24H21N3O6. The molecule has 0 aliphatic carbocycles. The lowest BCUT2D eigenvalue weighted by Crippen LogP contribution is -2.29. The molecule has 2 aromatic carbocycles. The number of carboxylic acids is 1. The molecule has 0 radical (unpaired) electrons. The summed E-state index contributed by atoms with van der Waals surface area (Å²) in [6.45, 7) is 1.77. The van der Waals surface area contributed by atoms with Gasteiger partial charge in [-0.1, -0.05) is 25.1 Å². The zero-order valence-electron chi connectivity index (χ0n) is 18.0. The number of carbonyl (C=O) groups excluding carboxylic acids is 1. The Morgan fingerprint density at radius 2 is 1.88 bits per heavy atom. The number of nitro groups is 1. The molecule has 9 heteroatoms. The maximum Gasteiger partial charge on any atom is 0.419 e. The summed E-state index contributed by atoms with van der Waals surface area (Å²) in [5.74, 6) is -0.773. The van der Waals surface area contributed by atoms with Crippen molar-refractivity contribution in [3.05, 3.63) is 88.1 Å². The lowest BCUT2D eigenvalue weighted by molar-refractivity contribution is -0.384. The lowest BCUT2D eigenvalue weighted by atomic mass is 10.1. The Kier molecular flexibility index (Phi) is 7.14. The molecule has 0 fully saturated rings. The van der Waals surface area contributed by atoms with Crippen LogP contribution in [0.25, 0.3) is 17.3 Å². The second kappa shape index (κ2) is 10.2. The van der Waals surface area contributed by atoms with E-state index >= 15 is 0 Å². The summed E-state index contributed by atoms with van der Waals surface area (Å²) in [7, 11) is 1.55. The van der Waals surface area contributed by atoms with E-state index in [1.165, 1.54) is 29.2 Å². The fourth-order valence-corrected chi connectivity index (χ4v) is 2.96. The van der Waals surface area contributed by atoms with Crippen LogP contribution in [0.5, 0.6) is 5.75 Å². The normalized spacial score (nSPS) is 11.0. The number of nitrogens with zero attached hydrogens (tertiary/aromatic N) is 3. The van der Waals surface area contributed by atoms with Crippen LogP contribution in [-0.2, 0) is 4.79 Å². The van der Waals surface area contributed by atoms with Gasteiger partial charge in [0.2, 0.25) is 0 Å². The Morgan fingerprint density at radius 3 is 2.45 bits per heavy atom. The van der Waals surface area contributed by atoms with Crippen LogP contribution in [0.4, 0.5) is 16.2 Å². The molecule has 3 rings (SSSR count). The maximum absolute atomic E-state index is 12.5. The summed E-state index contributed by atoms with van der Waals surface area (Å²) in [5, 5.41) is 19.9. The number of non-ortho nitro benzene ring substituents is 1. The Bertz CT molecular complexity index is 1200. The monoisotopic (exact) mass is 447 g/mol. The number of amides is 1. The quantitative estimate of drug-likeness (QED) is 0.301. The van der Waals surface area contributed by atoms with Crippen LogP contribution in [0.3, 0.4) is 0 Å². The number of benzene rings is 2. The zero-order valence-corrected chi connectivity index (χ0v) is 18.0. The summed E-state index contributed by atoms with van der Waals surface area (Å²) in [6, 6.07) is 15.9. The highest BCUT2D eigenvalue weighted by Crippen LogP contribution is 2.25. The molecule has 1 amide bonds. The number of aliphatic carboxylic acids is 1. The molecule has 1 aromatic heterocycles. The molecule has 9 nitrogen and oxygen atoms in total. The number of aromatic nitrogens is 1. The second-order valence-electron chi connectivity index (χ2n) is 7.03. The van der Waals surface area contributed by atoms with Gasteiger partial charge in [-0.25, -0.2) is 9.59 Å². The summed E-state index contributed by atoms with van der Waals surface area (Å²) >= 11 is 0. The van der Waals surface area contributed by atoms with E-state index in [0.29, 0.717) is 28.9 Å². The molecule has 1 heterocycles. The first-order valence-corrected chi connectivity index (χ1v) is 9.99. The Hall–Kier alpha value is -4.53. The molecule has 0 saturated carbocycles. The van der Waals surface area contributed by atoms with Crippen LogP contribution >= 0.6 is 0 Å². The summed E-state index contributed by atoms with van der Waals surface area (Å²) in [4.78, 5) is 39.6. The highest BCUT2D eigenvalue weighted by atomic mass is 16.6. The minimum atomic E-state index is -0.960.